The van der Waals surface area contributed by atoms with Gasteiger partial charge in [0.15, 0.2) is 5.11 Å². The molecule has 0 fully saturated rings. The van der Waals surface area contributed by atoms with E-state index in [0.29, 0.717) is 5.69 Å². The molecule has 5 nitrogen and oxygen atoms in total. The van der Waals surface area contributed by atoms with Crippen LogP contribution in [0.15, 0.2) is 29.4 Å². The smallest absolute Gasteiger partial charge is 0.221 e. The number of carbonyl (C=O) groups excluding carboxylic acids is 1. The van der Waals surface area contributed by atoms with Crippen molar-refractivity contribution in [2.24, 2.45) is 10.8 Å². The highest BCUT2D eigenvalue weighted by molar-refractivity contribution is 7.80. The van der Waals surface area contributed by atoms with Gasteiger partial charge in [0.2, 0.25) is 5.91 Å². The molecule has 0 spiro atoms. The first kappa shape index (κ1) is 12.1. The Morgan fingerprint density at radius 3 is 2.81 bits per heavy atom. The van der Waals surface area contributed by atoms with Gasteiger partial charge in [-0.2, -0.15) is 5.10 Å². The summed E-state index contributed by atoms with van der Waals surface area (Å²) in [7, 11) is 0. The minimum absolute atomic E-state index is 0.0910. The second kappa shape index (κ2) is 5.82. The third-order valence-corrected chi connectivity index (χ3v) is 1.74. The lowest BCUT2D eigenvalue weighted by atomic mass is 10.2. The zero-order valence-corrected chi connectivity index (χ0v) is 9.54. The summed E-state index contributed by atoms with van der Waals surface area (Å²) in [5.41, 5.74) is 9.10. The number of amides is 1. The predicted molar refractivity (Wildman–Crippen MR) is 68.3 cm³/mol. The molecule has 1 aromatic carbocycles. The van der Waals surface area contributed by atoms with Crippen molar-refractivity contribution in [2.45, 2.75) is 6.92 Å². The van der Waals surface area contributed by atoms with E-state index in [9.17, 15) is 4.79 Å². The Kier molecular flexibility index (Phi) is 4.41. The number of carbonyl (C=O) groups is 1. The summed E-state index contributed by atoms with van der Waals surface area (Å²) in [5, 5.41) is 6.60. The van der Waals surface area contributed by atoms with Crippen LogP contribution in [0.25, 0.3) is 0 Å². The first-order chi connectivity index (χ1) is 7.59. The molecule has 0 radical (unpaired) electrons. The quantitative estimate of drug-likeness (QED) is 0.412. The lowest BCUT2D eigenvalue weighted by Crippen LogP contribution is -2.24. The fourth-order valence-electron chi connectivity index (χ4n) is 1.08. The van der Waals surface area contributed by atoms with Gasteiger partial charge in [-0.1, -0.05) is 18.2 Å². The first-order valence-electron chi connectivity index (χ1n) is 4.54. The van der Waals surface area contributed by atoms with Crippen molar-refractivity contribution in [3.05, 3.63) is 29.8 Å². The number of hydrogen-bond acceptors (Lipinski definition) is 3. The maximum Gasteiger partial charge on any atom is 0.221 e. The zero-order valence-electron chi connectivity index (χ0n) is 8.73. The van der Waals surface area contributed by atoms with Gasteiger partial charge in [0.25, 0.3) is 0 Å². The van der Waals surface area contributed by atoms with Crippen LogP contribution in [0, 0.1) is 0 Å². The number of benzene rings is 1. The van der Waals surface area contributed by atoms with E-state index < -0.39 is 0 Å². The number of thiocarbonyl (C=S) groups is 1. The number of anilines is 1. The Bertz CT molecular complexity index is 431. The Balaban J connectivity index is 2.82. The van der Waals surface area contributed by atoms with Gasteiger partial charge in [0.05, 0.1) is 6.21 Å². The lowest BCUT2D eigenvalue weighted by molar-refractivity contribution is -0.114. The Morgan fingerprint density at radius 2 is 2.19 bits per heavy atom. The topological polar surface area (TPSA) is 79.5 Å². The number of hydrazone groups is 1. The Morgan fingerprint density at radius 1 is 1.50 bits per heavy atom. The van der Waals surface area contributed by atoms with E-state index in [4.69, 9.17) is 5.73 Å². The van der Waals surface area contributed by atoms with E-state index in [1.54, 1.807) is 6.07 Å². The largest absolute Gasteiger partial charge is 0.375 e. The fourth-order valence-corrected chi connectivity index (χ4v) is 1.13. The molecule has 1 aromatic rings. The average Bonchev–Trinajstić information content (AvgIpc) is 2.19. The van der Waals surface area contributed by atoms with Gasteiger partial charge < -0.3 is 11.1 Å². The molecule has 0 atom stereocenters. The Labute approximate surface area is 98.7 Å². The van der Waals surface area contributed by atoms with E-state index in [-0.39, 0.29) is 11.0 Å². The van der Waals surface area contributed by atoms with Gasteiger partial charge in [-0.25, -0.2) is 0 Å². The van der Waals surface area contributed by atoms with Gasteiger partial charge in [-0.15, -0.1) is 0 Å². The van der Waals surface area contributed by atoms with Crippen molar-refractivity contribution in [3.8, 4) is 0 Å². The molecule has 6 heteroatoms. The van der Waals surface area contributed by atoms with Gasteiger partial charge in [0, 0.05) is 18.2 Å². The van der Waals surface area contributed by atoms with Crippen molar-refractivity contribution in [2.75, 3.05) is 5.32 Å². The molecule has 0 saturated heterocycles. The van der Waals surface area contributed by atoms with Crippen molar-refractivity contribution >= 4 is 35.1 Å². The minimum Gasteiger partial charge on any atom is -0.375 e. The summed E-state index contributed by atoms with van der Waals surface area (Å²) in [6.45, 7) is 1.45. The molecule has 16 heavy (non-hydrogen) atoms. The van der Waals surface area contributed by atoms with Crippen LogP contribution in [0.2, 0.25) is 0 Å². The lowest BCUT2D eigenvalue weighted by Gasteiger charge is -2.05. The van der Waals surface area contributed by atoms with Gasteiger partial charge >= 0.3 is 0 Å². The van der Waals surface area contributed by atoms with Crippen LogP contribution < -0.4 is 16.5 Å². The predicted octanol–water partition coefficient (Wildman–Crippen LogP) is 0.812. The molecule has 1 rings (SSSR count). The molecule has 0 aliphatic carbocycles. The van der Waals surface area contributed by atoms with Gasteiger partial charge in [-0.05, 0) is 18.3 Å². The van der Waals surface area contributed by atoms with Crippen molar-refractivity contribution in [1.82, 2.24) is 5.43 Å². The summed E-state index contributed by atoms with van der Waals surface area (Å²) < 4.78 is 0. The van der Waals surface area contributed by atoms with E-state index in [1.165, 1.54) is 13.1 Å². The van der Waals surface area contributed by atoms with Crippen LogP contribution >= 0.6 is 12.2 Å². The number of nitrogens with two attached hydrogens (primary N) is 1. The van der Waals surface area contributed by atoms with Crippen LogP contribution in [0.1, 0.15) is 12.5 Å². The van der Waals surface area contributed by atoms with E-state index in [0.717, 1.165) is 5.56 Å². The van der Waals surface area contributed by atoms with Crippen LogP contribution in [-0.4, -0.2) is 17.2 Å². The molecule has 0 bridgehead atoms. The summed E-state index contributed by atoms with van der Waals surface area (Å²) in [6.07, 6.45) is 1.53. The molecule has 84 valence electrons. The highest BCUT2D eigenvalue weighted by Crippen LogP contribution is 2.12. The maximum absolute atomic E-state index is 10.9. The van der Waals surface area contributed by atoms with Gasteiger partial charge in [-0.3, -0.25) is 10.2 Å². The second-order valence-corrected chi connectivity index (χ2v) is 3.44. The molecule has 4 N–H and O–H groups in total. The number of hydrogen-bond donors (Lipinski definition) is 3. The summed E-state index contributed by atoms with van der Waals surface area (Å²) in [6, 6.07) is 7.26. The average molecular weight is 236 g/mol. The minimum atomic E-state index is -0.136. The van der Waals surface area contributed by atoms with E-state index >= 15 is 0 Å². The normalized spacial score (nSPS) is 10.1. The number of nitrogens with one attached hydrogen (secondary N) is 2. The molecule has 0 aliphatic rings. The Hall–Kier alpha value is -1.95. The highest BCUT2D eigenvalue weighted by Gasteiger charge is 2.00. The fraction of sp³-hybridized carbons (Fsp3) is 0.100. The molecular formula is C10H12N4OS. The molecular weight excluding hydrogens is 224 g/mol. The third-order valence-electron chi connectivity index (χ3n) is 1.65. The number of para-hydroxylation sites is 1. The first-order valence-corrected chi connectivity index (χ1v) is 4.95. The van der Waals surface area contributed by atoms with Crippen molar-refractivity contribution < 1.29 is 4.79 Å². The maximum atomic E-state index is 10.9. The van der Waals surface area contributed by atoms with Crippen molar-refractivity contribution in [3.63, 3.8) is 0 Å². The van der Waals surface area contributed by atoms with Gasteiger partial charge in [0.1, 0.15) is 0 Å². The summed E-state index contributed by atoms with van der Waals surface area (Å²) >= 11 is 4.60. The third kappa shape index (κ3) is 4.05. The van der Waals surface area contributed by atoms with E-state index in [1.807, 2.05) is 18.2 Å². The molecule has 1 amide bonds. The van der Waals surface area contributed by atoms with Crippen LogP contribution in [0.4, 0.5) is 5.69 Å². The van der Waals surface area contributed by atoms with Crippen LogP contribution in [-0.2, 0) is 4.79 Å². The van der Waals surface area contributed by atoms with Crippen LogP contribution in [0.3, 0.4) is 0 Å². The highest BCUT2D eigenvalue weighted by atomic mass is 32.1. The molecule has 0 saturated carbocycles. The standard InChI is InChI=1S/C10H12N4OS/c1-7(15)13-9-5-3-2-4-8(9)6-12-14-10(11)16/h2-6H,1H3,(H,13,15)(H3,11,14,16)/b12-6+. The molecule has 0 heterocycles. The van der Waals surface area contributed by atoms with Crippen LogP contribution in [0.5, 0.6) is 0 Å². The molecule has 0 aliphatic heterocycles. The summed E-state index contributed by atoms with van der Waals surface area (Å²) in [5.74, 6) is -0.136. The number of rotatable bonds is 3. The monoisotopic (exact) mass is 236 g/mol. The van der Waals surface area contributed by atoms with E-state index in [2.05, 4.69) is 28.1 Å². The summed E-state index contributed by atoms with van der Waals surface area (Å²) in [4.78, 5) is 10.9. The second-order valence-electron chi connectivity index (χ2n) is 3.00. The zero-order chi connectivity index (χ0) is 12.0. The van der Waals surface area contributed by atoms with Crippen molar-refractivity contribution in [1.29, 1.82) is 0 Å². The molecule has 0 aromatic heterocycles. The number of nitrogens with zero attached hydrogens (tertiary/aromatic N) is 1. The SMILES string of the molecule is CC(=O)Nc1ccccc1/C=N/NC(N)=S. The molecule has 0 unspecified atom stereocenters.